The number of carbonyl (C=O) groups is 1. The van der Waals surface area contributed by atoms with Crippen LogP contribution >= 0.6 is 12.2 Å². The molecule has 1 fully saturated rings. The summed E-state index contributed by atoms with van der Waals surface area (Å²) >= 11 is 4.95. The zero-order chi connectivity index (χ0) is 13.0. The van der Waals surface area contributed by atoms with Crippen LogP contribution in [0.2, 0.25) is 0 Å². The first-order chi connectivity index (χ1) is 7.91. The van der Waals surface area contributed by atoms with Crippen LogP contribution in [0.1, 0.15) is 40.0 Å². The van der Waals surface area contributed by atoms with Crippen molar-refractivity contribution in [2.24, 2.45) is 29.4 Å². The van der Waals surface area contributed by atoms with Crippen LogP contribution in [0, 0.1) is 23.7 Å². The Balaban J connectivity index is 2.40. The Morgan fingerprint density at radius 1 is 1.47 bits per heavy atom. The number of thiocarbonyl (C=S) groups is 1. The second kappa shape index (κ2) is 6.34. The molecule has 1 aliphatic carbocycles. The number of hydrogen-bond acceptors (Lipinski definition) is 2. The van der Waals surface area contributed by atoms with Crippen LogP contribution in [0.5, 0.6) is 0 Å². The van der Waals surface area contributed by atoms with Crippen LogP contribution in [0.3, 0.4) is 0 Å². The Hall–Kier alpha value is -0.640. The van der Waals surface area contributed by atoms with E-state index in [4.69, 9.17) is 18.0 Å². The fraction of sp³-hybridized carbons (Fsp3) is 0.846. The molecule has 0 saturated heterocycles. The fourth-order valence-corrected chi connectivity index (χ4v) is 3.00. The summed E-state index contributed by atoms with van der Waals surface area (Å²) in [5.74, 6) is 1.26. The molecule has 1 aliphatic rings. The van der Waals surface area contributed by atoms with E-state index >= 15 is 0 Å². The maximum absolute atomic E-state index is 12.0. The first-order valence-corrected chi connectivity index (χ1v) is 6.89. The highest BCUT2D eigenvalue weighted by Crippen LogP contribution is 2.29. The Morgan fingerprint density at radius 2 is 2.12 bits per heavy atom. The second-order valence-electron chi connectivity index (χ2n) is 5.65. The quantitative estimate of drug-likeness (QED) is 0.741. The Labute approximate surface area is 110 Å². The van der Waals surface area contributed by atoms with Crippen LogP contribution in [-0.4, -0.2) is 17.4 Å². The summed E-state index contributed by atoms with van der Waals surface area (Å²) in [5.41, 5.74) is 5.61. The van der Waals surface area contributed by atoms with Crippen molar-refractivity contribution in [1.29, 1.82) is 0 Å². The molecule has 0 bridgehead atoms. The summed E-state index contributed by atoms with van der Waals surface area (Å²) in [6.45, 7) is 6.99. The van der Waals surface area contributed by atoms with Crippen molar-refractivity contribution in [1.82, 2.24) is 5.32 Å². The molecular formula is C13H24N2OS. The molecule has 1 amide bonds. The van der Waals surface area contributed by atoms with Gasteiger partial charge < -0.3 is 11.1 Å². The number of carbonyl (C=O) groups excluding carboxylic acids is 1. The van der Waals surface area contributed by atoms with Gasteiger partial charge in [0.05, 0.1) is 10.9 Å². The van der Waals surface area contributed by atoms with E-state index in [1.165, 1.54) is 19.3 Å². The second-order valence-corrected chi connectivity index (χ2v) is 6.12. The van der Waals surface area contributed by atoms with Gasteiger partial charge in [-0.3, -0.25) is 4.79 Å². The smallest absolute Gasteiger partial charge is 0.230 e. The van der Waals surface area contributed by atoms with Crippen LogP contribution in [0.25, 0.3) is 0 Å². The minimum Gasteiger partial charge on any atom is -0.393 e. The summed E-state index contributed by atoms with van der Waals surface area (Å²) in [4.78, 5) is 12.3. The third kappa shape index (κ3) is 4.26. The average Bonchev–Trinajstić information content (AvgIpc) is 2.60. The van der Waals surface area contributed by atoms with Crippen molar-refractivity contribution < 1.29 is 4.79 Å². The molecule has 98 valence electrons. The van der Waals surface area contributed by atoms with Crippen molar-refractivity contribution >= 4 is 23.1 Å². The van der Waals surface area contributed by atoms with Crippen molar-refractivity contribution in [2.75, 3.05) is 6.54 Å². The van der Waals surface area contributed by atoms with Gasteiger partial charge in [0.2, 0.25) is 5.91 Å². The maximum Gasteiger partial charge on any atom is 0.230 e. The van der Waals surface area contributed by atoms with E-state index in [-0.39, 0.29) is 17.7 Å². The van der Waals surface area contributed by atoms with Gasteiger partial charge in [-0.15, -0.1) is 0 Å². The van der Waals surface area contributed by atoms with Gasteiger partial charge >= 0.3 is 0 Å². The van der Waals surface area contributed by atoms with E-state index in [1.54, 1.807) is 0 Å². The molecule has 17 heavy (non-hydrogen) atoms. The number of nitrogens with one attached hydrogen (secondary N) is 1. The third-order valence-electron chi connectivity index (χ3n) is 3.62. The van der Waals surface area contributed by atoms with Gasteiger partial charge in [-0.25, -0.2) is 0 Å². The molecule has 0 aromatic rings. The molecule has 3 N–H and O–H groups in total. The van der Waals surface area contributed by atoms with Gasteiger partial charge in [0.25, 0.3) is 0 Å². The standard InChI is InChI=1S/C13H24N2OS/c1-8(2)11(12(14)17)13(16)15-7-10-5-4-9(3)6-10/h8-11H,4-7H2,1-3H3,(H2,14,17)(H,15,16). The van der Waals surface area contributed by atoms with Crippen LogP contribution in [0.15, 0.2) is 0 Å². The maximum atomic E-state index is 12.0. The van der Waals surface area contributed by atoms with E-state index in [9.17, 15) is 4.79 Å². The van der Waals surface area contributed by atoms with E-state index < -0.39 is 0 Å². The highest BCUT2D eigenvalue weighted by Gasteiger charge is 2.27. The first-order valence-electron chi connectivity index (χ1n) is 6.48. The molecule has 3 unspecified atom stereocenters. The molecule has 3 atom stereocenters. The van der Waals surface area contributed by atoms with Gasteiger partial charge in [-0.05, 0) is 30.6 Å². The molecule has 0 aromatic heterocycles. The number of rotatable bonds is 5. The van der Waals surface area contributed by atoms with Crippen molar-refractivity contribution in [2.45, 2.75) is 40.0 Å². The molecule has 4 heteroatoms. The molecular weight excluding hydrogens is 232 g/mol. The highest BCUT2D eigenvalue weighted by molar-refractivity contribution is 7.80. The van der Waals surface area contributed by atoms with Crippen LogP contribution < -0.4 is 11.1 Å². The minimum absolute atomic E-state index is 0.00736. The Morgan fingerprint density at radius 3 is 2.53 bits per heavy atom. The molecule has 0 aliphatic heterocycles. The first kappa shape index (κ1) is 14.4. The average molecular weight is 256 g/mol. The van der Waals surface area contributed by atoms with E-state index in [1.807, 2.05) is 13.8 Å². The Kier molecular flexibility index (Phi) is 5.37. The highest BCUT2D eigenvalue weighted by atomic mass is 32.1. The van der Waals surface area contributed by atoms with E-state index in [2.05, 4.69) is 12.2 Å². The summed E-state index contributed by atoms with van der Waals surface area (Å²) in [5, 5.41) is 3.00. The van der Waals surface area contributed by atoms with E-state index in [0.29, 0.717) is 10.9 Å². The summed E-state index contributed by atoms with van der Waals surface area (Å²) in [7, 11) is 0. The monoisotopic (exact) mass is 256 g/mol. The molecule has 0 heterocycles. The lowest BCUT2D eigenvalue weighted by atomic mass is 9.94. The molecule has 0 aromatic carbocycles. The lowest BCUT2D eigenvalue weighted by Gasteiger charge is -2.20. The molecule has 3 nitrogen and oxygen atoms in total. The number of nitrogens with two attached hydrogens (primary N) is 1. The summed E-state index contributed by atoms with van der Waals surface area (Å²) in [6.07, 6.45) is 3.73. The predicted octanol–water partition coefficient (Wildman–Crippen LogP) is 2.10. The molecule has 1 rings (SSSR count). The lowest BCUT2D eigenvalue weighted by Crippen LogP contribution is -2.42. The van der Waals surface area contributed by atoms with Crippen molar-refractivity contribution in [3.8, 4) is 0 Å². The third-order valence-corrected chi connectivity index (χ3v) is 3.88. The fourth-order valence-electron chi connectivity index (χ4n) is 2.63. The topological polar surface area (TPSA) is 55.1 Å². The van der Waals surface area contributed by atoms with Crippen LogP contribution in [-0.2, 0) is 4.79 Å². The van der Waals surface area contributed by atoms with Crippen molar-refractivity contribution in [3.63, 3.8) is 0 Å². The normalized spacial score (nSPS) is 25.9. The predicted molar refractivity (Wildman–Crippen MR) is 74.6 cm³/mol. The van der Waals surface area contributed by atoms with Gasteiger partial charge in [0, 0.05) is 6.54 Å². The van der Waals surface area contributed by atoms with Crippen molar-refractivity contribution in [3.05, 3.63) is 0 Å². The molecule has 0 spiro atoms. The van der Waals surface area contributed by atoms with Crippen LogP contribution in [0.4, 0.5) is 0 Å². The zero-order valence-corrected chi connectivity index (χ0v) is 11.8. The largest absolute Gasteiger partial charge is 0.393 e. The van der Waals surface area contributed by atoms with E-state index in [0.717, 1.165) is 12.5 Å². The lowest BCUT2D eigenvalue weighted by molar-refractivity contribution is -0.124. The molecule has 0 radical (unpaired) electrons. The summed E-state index contributed by atoms with van der Waals surface area (Å²) in [6, 6.07) is 0. The SMILES string of the molecule is CC1CCC(CNC(=O)C(C(N)=S)C(C)C)C1. The minimum atomic E-state index is -0.330. The van der Waals surface area contributed by atoms with Gasteiger partial charge in [-0.2, -0.15) is 0 Å². The van der Waals surface area contributed by atoms with Gasteiger partial charge in [-0.1, -0.05) is 39.4 Å². The Bertz CT molecular complexity index is 291. The molecule has 1 saturated carbocycles. The van der Waals surface area contributed by atoms with Gasteiger partial charge in [0.15, 0.2) is 0 Å². The zero-order valence-electron chi connectivity index (χ0n) is 11.0. The number of amides is 1. The summed E-state index contributed by atoms with van der Waals surface area (Å²) < 4.78 is 0. The number of hydrogen-bond donors (Lipinski definition) is 2. The van der Waals surface area contributed by atoms with Gasteiger partial charge in [0.1, 0.15) is 0 Å².